The molecule has 0 radical (unpaired) electrons. The van der Waals surface area contributed by atoms with Gasteiger partial charge in [-0.1, -0.05) is 12.2 Å². The maximum absolute atomic E-state index is 6.52. The molecule has 0 heterocycles. The summed E-state index contributed by atoms with van der Waals surface area (Å²) in [6, 6.07) is 0. The van der Waals surface area contributed by atoms with Crippen LogP contribution < -0.4 is 0 Å². The predicted molar refractivity (Wildman–Crippen MR) is 20.5 cm³/mol. The van der Waals surface area contributed by atoms with Crippen molar-refractivity contribution in [3.8, 4) is 0 Å². The van der Waals surface area contributed by atoms with Crippen LogP contribution in [-0.2, 0) is 0 Å². The molecule has 0 aromatic heterocycles. The lowest BCUT2D eigenvalue weighted by Crippen LogP contribution is -1.26. The van der Waals surface area contributed by atoms with E-state index in [0.717, 1.165) is 0 Å². The highest BCUT2D eigenvalue weighted by Crippen LogP contribution is 1.57. The van der Waals surface area contributed by atoms with Gasteiger partial charge < -0.3 is 0 Å². The molecule has 0 unspecified atom stereocenters. The SMILES string of the molecule is [2H]C/C=C/C. The normalized spacial score (nSPS) is 12.8. The second-order valence-corrected chi connectivity index (χ2v) is 0.569. The van der Waals surface area contributed by atoms with Gasteiger partial charge in [0.25, 0.3) is 0 Å². The molecular formula is C4H8. The Morgan fingerprint density at radius 3 is 2.50 bits per heavy atom. The van der Waals surface area contributed by atoms with Crippen LogP contribution in [0.4, 0.5) is 0 Å². The molecule has 4 heavy (non-hydrogen) atoms. The molecule has 0 saturated carbocycles. The Hall–Kier alpha value is -0.260. The first-order valence-electron chi connectivity index (χ1n) is 2.03. The molecule has 0 bridgehead atoms. The lowest BCUT2D eigenvalue weighted by atomic mass is 10.6. The van der Waals surface area contributed by atoms with Crippen LogP contribution in [0.15, 0.2) is 12.2 Å². The van der Waals surface area contributed by atoms with E-state index in [-0.39, 0.29) is 0 Å². The van der Waals surface area contributed by atoms with Gasteiger partial charge in [0.1, 0.15) is 0 Å². The van der Waals surface area contributed by atoms with Gasteiger partial charge in [0, 0.05) is 1.37 Å². The van der Waals surface area contributed by atoms with Gasteiger partial charge in [-0.2, -0.15) is 0 Å². The Bertz CT molecular complexity index is 30.6. The van der Waals surface area contributed by atoms with Crippen molar-refractivity contribution < 1.29 is 1.37 Å². The van der Waals surface area contributed by atoms with Gasteiger partial charge in [-0.05, 0) is 13.8 Å². The average molecular weight is 57.1 g/mol. The van der Waals surface area contributed by atoms with Crippen LogP contribution in [0.5, 0.6) is 0 Å². The Morgan fingerprint density at radius 2 is 2.50 bits per heavy atom. The Kier molecular flexibility index (Phi) is 1.38. The lowest BCUT2D eigenvalue weighted by Gasteiger charge is -1.49. The first kappa shape index (κ1) is 2.01. The highest BCUT2D eigenvalue weighted by atomic mass is 13.4. The van der Waals surface area contributed by atoms with Crippen LogP contribution in [0.1, 0.15) is 15.2 Å². The molecule has 0 amide bonds. The van der Waals surface area contributed by atoms with Crippen molar-refractivity contribution in [3.63, 3.8) is 0 Å². The van der Waals surface area contributed by atoms with Gasteiger partial charge in [0.2, 0.25) is 0 Å². The van der Waals surface area contributed by atoms with Gasteiger partial charge >= 0.3 is 0 Å². The highest BCUT2D eigenvalue weighted by Gasteiger charge is 1.34. The summed E-state index contributed by atoms with van der Waals surface area (Å²) in [6.45, 7) is 2.32. The summed E-state index contributed by atoms with van der Waals surface area (Å²) in [6.07, 6.45) is 3.66. The highest BCUT2D eigenvalue weighted by molar-refractivity contribution is 4.68. The van der Waals surface area contributed by atoms with E-state index >= 15 is 0 Å². The van der Waals surface area contributed by atoms with Crippen molar-refractivity contribution in [1.82, 2.24) is 0 Å². The van der Waals surface area contributed by atoms with E-state index in [2.05, 4.69) is 0 Å². The summed E-state index contributed by atoms with van der Waals surface area (Å²) in [4.78, 5) is 0. The molecule has 0 rings (SSSR count). The fraction of sp³-hybridized carbons (Fsp3) is 0.500. The molecule has 0 nitrogen and oxygen atoms in total. The molecule has 0 fully saturated rings. The van der Waals surface area contributed by atoms with Gasteiger partial charge in [-0.3, -0.25) is 0 Å². The second-order valence-electron chi connectivity index (χ2n) is 0.569. The minimum absolute atomic E-state index is 0.413. The van der Waals surface area contributed by atoms with Gasteiger partial charge in [-0.25, -0.2) is 0 Å². The topological polar surface area (TPSA) is 0 Å². The third-order valence-electron chi connectivity index (χ3n) is 0.236. The molecule has 0 heteroatoms. The standard InChI is InChI=1S/C4H8/c1-3-4-2/h3-4H,1-2H3/b4-3+/i1D. The van der Waals surface area contributed by atoms with Crippen LogP contribution in [0, 0.1) is 0 Å². The summed E-state index contributed by atoms with van der Waals surface area (Å²) < 4.78 is 6.52. The summed E-state index contributed by atoms with van der Waals surface area (Å²) in [5, 5.41) is 0. The Labute approximate surface area is 28.5 Å². The van der Waals surface area contributed by atoms with Crippen molar-refractivity contribution in [2.45, 2.75) is 13.8 Å². The fourth-order valence-corrected chi connectivity index (χ4v) is 0. The largest absolute Gasteiger partial charge is 0.0919 e. The molecule has 0 spiro atoms. The van der Waals surface area contributed by atoms with Crippen molar-refractivity contribution in [1.29, 1.82) is 0 Å². The zero-order valence-corrected chi connectivity index (χ0v) is 2.86. The zero-order chi connectivity index (χ0) is 4.12. The molecule has 0 aliphatic rings. The first-order chi connectivity index (χ1) is 2.41. The maximum atomic E-state index is 6.52. The van der Waals surface area contributed by atoms with Gasteiger partial charge in [0.05, 0.1) is 0 Å². The van der Waals surface area contributed by atoms with Gasteiger partial charge in [-0.15, -0.1) is 0 Å². The maximum Gasteiger partial charge on any atom is 0.0273 e. The van der Waals surface area contributed by atoms with E-state index in [0.29, 0.717) is 6.90 Å². The van der Waals surface area contributed by atoms with E-state index in [4.69, 9.17) is 1.37 Å². The van der Waals surface area contributed by atoms with E-state index in [1.165, 1.54) is 0 Å². The quantitative estimate of drug-likeness (QED) is 0.370. The number of hydrogen-bond donors (Lipinski definition) is 0. The molecule has 0 aromatic rings. The molecular weight excluding hydrogens is 48.0 g/mol. The van der Waals surface area contributed by atoms with E-state index in [1.54, 1.807) is 6.08 Å². The third kappa shape index (κ3) is 1.74. The van der Waals surface area contributed by atoms with Crippen LogP contribution in [-0.4, -0.2) is 0 Å². The van der Waals surface area contributed by atoms with Crippen LogP contribution >= 0.6 is 0 Å². The first-order valence-corrected chi connectivity index (χ1v) is 1.32. The molecule has 0 aliphatic carbocycles. The molecule has 0 aromatic carbocycles. The van der Waals surface area contributed by atoms with E-state index < -0.39 is 0 Å². The summed E-state index contributed by atoms with van der Waals surface area (Å²) in [5.41, 5.74) is 0. The molecule has 0 atom stereocenters. The van der Waals surface area contributed by atoms with Crippen molar-refractivity contribution in [3.05, 3.63) is 12.2 Å². The molecule has 24 valence electrons. The molecule has 0 aliphatic heterocycles. The minimum Gasteiger partial charge on any atom is -0.0919 e. The van der Waals surface area contributed by atoms with E-state index in [9.17, 15) is 0 Å². The average Bonchev–Trinajstić information content (AvgIpc) is 1.41. The number of hydrogen-bond acceptors (Lipinski definition) is 0. The monoisotopic (exact) mass is 57.1 g/mol. The molecule has 0 saturated heterocycles. The van der Waals surface area contributed by atoms with Crippen molar-refractivity contribution in [2.24, 2.45) is 0 Å². The summed E-state index contributed by atoms with van der Waals surface area (Å²) in [5.74, 6) is 0. The minimum atomic E-state index is 0.413. The van der Waals surface area contributed by atoms with Crippen molar-refractivity contribution in [2.75, 3.05) is 0 Å². The van der Waals surface area contributed by atoms with E-state index in [1.807, 2.05) is 13.0 Å². The number of allylic oxidation sites excluding steroid dienone is 2. The summed E-state index contributed by atoms with van der Waals surface area (Å²) in [7, 11) is 0. The second kappa shape index (κ2) is 2.74. The zero-order valence-electron chi connectivity index (χ0n) is 3.86. The van der Waals surface area contributed by atoms with Crippen molar-refractivity contribution >= 4 is 0 Å². The Morgan fingerprint density at radius 1 is 1.75 bits per heavy atom. The van der Waals surface area contributed by atoms with Crippen LogP contribution in [0.3, 0.4) is 0 Å². The third-order valence-corrected chi connectivity index (χ3v) is 0.236. The Balaban J connectivity index is 2.62. The fourth-order valence-electron chi connectivity index (χ4n) is 0. The molecule has 0 N–H and O–H groups in total. The van der Waals surface area contributed by atoms with Crippen LogP contribution in [0.2, 0.25) is 0 Å². The number of rotatable bonds is 0. The smallest absolute Gasteiger partial charge is 0.0273 e. The van der Waals surface area contributed by atoms with Gasteiger partial charge in [0.15, 0.2) is 0 Å². The summed E-state index contributed by atoms with van der Waals surface area (Å²) >= 11 is 0. The predicted octanol–water partition coefficient (Wildman–Crippen LogP) is 1.58. The van der Waals surface area contributed by atoms with Crippen LogP contribution in [0.25, 0.3) is 0 Å². The lowest BCUT2D eigenvalue weighted by molar-refractivity contribution is 1.64.